The average molecular weight is 512 g/mol. The summed E-state index contributed by atoms with van der Waals surface area (Å²) in [6, 6.07) is 13.5. The molecule has 36 heavy (non-hydrogen) atoms. The summed E-state index contributed by atoms with van der Waals surface area (Å²) in [5, 5.41) is 9.94. The van der Waals surface area contributed by atoms with Gasteiger partial charge in [0.05, 0.1) is 17.3 Å². The molecule has 0 atom stereocenters. The monoisotopic (exact) mass is 511 g/mol. The molecule has 1 aliphatic rings. The lowest BCUT2D eigenvalue weighted by molar-refractivity contribution is -0.123. The van der Waals surface area contributed by atoms with Crippen LogP contribution in [0.25, 0.3) is 17.3 Å². The lowest BCUT2D eigenvalue weighted by atomic mass is 10.2. The summed E-state index contributed by atoms with van der Waals surface area (Å²) in [5.74, 6) is -0.461. The van der Waals surface area contributed by atoms with Gasteiger partial charge in [0.15, 0.2) is 17.1 Å². The Labute approximate surface area is 209 Å². The molecule has 4 rings (SSSR count). The Morgan fingerprint density at radius 3 is 2.44 bits per heavy atom. The number of methoxy groups -OCH3 is 1. The first-order valence-corrected chi connectivity index (χ1v) is 12.0. The van der Waals surface area contributed by atoms with Crippen LogP contribution in [-0.2, 0) is 4.79 Å². The predicted octanol–water partition coefficient (Wildman–Crippen LogP) is 2.94. The van der Waals surface area contributed by atoms with Gasteiger partial charge in [-0.2, -0.15) is 14.0 Å². The van der Waals surface area contributed by atoms with Gasteiger partial charge in [-0.05, 0) is 55.7 Å². The minimum atomic E-state index is -3.01. The first-order chi connectivity index (χ1) is 17.3. The molecule has 1 amide bonds. The molecule has 1 fully saturated rings. The molecule has 2 aromatic carbocycles. The average Bonchev–Trinajstić information content (AvgIpc) is 3.50. The van der Waals surface area contributed by atoms with Gasteiger partial charge in [0.25, 0.3) is 11.5 Å². The van der Waals surface area contributed by atoms with Crippen molar-refractivity contribution in [1.82, 2.24) is 9.47 Å². The Morgan fingerprint density at radius 2 is 1.83 bits per heavy atom. The van der Waals surface area contributed by atoms with E-state index in [4.69, 9.17) is 4.74 Å². The highest BCUT2D eigenvalue weighted by atomic mass is 32.1. The molecular weight excluding hydrogens is 488 g/mol. The molecule has 10 heteroatoms. The normalized spacial score (nSPS) is 14.7. The van der Waals surface area contributed by atoms with Crippen LogP contribution in [-0.4, -0.2) is 42.2 Å². The van der Waals surface area contributed by atoms with E-state index in [1.165, 1.54) is 29.9 Å². The van der Waals surface area contributed by atoms with Crippen molar-refractivity contribution >= 4 is 28.9 Å². The number of carbonyl (C=O) groups is 1. The summed E-state index contributed by atoms with van der Waals surface area (Å²) in [7, 11) is 1.32. The number of aromatic nitrogens is 1. The zero-order chi connectivity index (χ0) is 25.8. The second-order valence-corrected chi connectivity index (χ2v) is 9.20. The minimum absolute atomic E-state index is 0.0770. The molecule has 0 unspecified atom stereocenters. The smallest absolute Gasteiger partial charge is 0.387 e. The number of amides is 1. The van der Waals surface area contributed by atoms with Gasteiger partial charge >= 0.3 is 6.61 Å². The third kappa shape index (κ3) is 5.16. The number of likely N-dealkylation sites (tertiary alicyclic amines) is 1. The highest BCUT2D eigenvalue weighted by Crippen LogP contribution is 2.29. The largest absolute Gasteiger partial charge is 0.493 e. The van der Waals surface area contributed by atoms with Crippen LogP contribution in [0.3, 0.4) is 0 Å². The fourth-order valence-corrected chi connectivity index (χ4v) is 5.06. The number of carbonyl (C=O) groups excluding carboxylic acids is 1. The van der Waals surface area contributed by atoms with E-state index in [0.717, 1.165) is 29.7 Å². The molecular formula is C26H23F2N3O4S. The summed E-state index contributed by atoms with van der Waals surface area (Å²) >= 11 is 1.02. The minimum Gasteiger partial charge on any atom is -0.493 e. The van der Waals surface area contributed by atoms with E-state index in [1.807, 2.05) is 25.1 Å². The van der Waals surface area contributed by atoms with Gasteiger partial charge in [0, 0.05) is 13.1 Å². The van der Waals surface area contributed by atoms with E-state index in [1.54, 1.807) is 23.1 Å². The molecule has 0 N–H and O–H groups in total. The van der Waals surface area contributed by atoms with Crippen molar-refractivity contribution < 1.29 is 23.0 Å². The maximum atomic E-state index is 13.6. The van der Waals surface area contributed by atoms with Crippen molar-refractivity contribution in [2.75, 3.05) is 20.2 Å². The van der Waals surface area contributed by atoms with Crippen LogP contribution >= 0.6 is 11.3 Å². The highest BCUT2D eigenvalue weighted by Gasteiger charge is 2.24. The molecule has 0 spiro atoms. The molecule has 7 nitrogen and oxygen atoms in total. The number of benzene rings is 2. The maximum Gasteiger partial charge on any atom is 0.387 e. The number of aryl methyl sites for hydroxylation is 1. The number of ether oxygens (including phenoxy) is 2. The number of rotatable bonds is 6. The van der Waals surface area contributed by atoms with Gasteiger partial charge in [-0.1, -0.05) is 23.8 Å². The summed E-state index contributed by atoms with van der Waals surface area (Å²) < 4.78 is 36.8. The van der Waals surface area contributed by atoms with Crippen LogP contribution in [0, 0.1) is 18.3 Å². The van der Waals surface area contributed by atoms with E-state index in [-0.39, 0.29) is 26.3 Å². The van der Waals surface area contributed by atoms with Crippen molar-refractivity contribution in [1.29, 1.82) is 5.26 Å². The number of hydrogen-bond acceptors (Lipinski definition) is 6. The third-order valence-electron chi connectivity index (χ3n) is 5.75. The molecule has 0 radical (unpaired) electrons. The predicted molar refractivity (Wildman–Crippen MR) is 132 cm³/mol. The van der Waals surface area contributed by atoms with E-state index in [9.17, 15) is 23.6 Å². The highest BCUT2D eigenvalue weighted by molar-refractivity contribution is 7.07. The van der Waals surface area contributed by atoms with E-state index in [2.05, 4.69) is 4.74 Å². The molecule has 0 saturated carbocycles. The topological polar surface area (TPSA) is 84.6 Å². The lowest BCUT2D eigenvalue weighted by Gasteiger charge is -2.14. The van der Waals surface area contributed by atoms with Crippen LogP contribution < -0.4 is 24.2 Å². The number of hydrogen-bond donors (Lipinski definition) is 0. The summed E-state index contributed by atoms with van der Waals surface area (Å²) in [5.41, 5.74) is 1.51. The zero-order valence-electron chi connectivity index (χ0n) is 19.7. The molecule has 1 aliphatic heterocycles. The van der Waals surface area contributed by atoms with E-state index in [0.29, 0.717) is 24.3 Å². The molecule has 0 bridgehead atoms. The molecule has 3 aromatic rings. The lowest BCUT2D eigenvalue weighted by Crippen LogP contribution is -2.35. The Kier molecular flexibility index (Phi) is 7.50. The van der Waals surface area contributed by atoms with Crippen LogP contribution in [0.2, 0.25) is 0 Å². The quantitative estimate of drug-likeness (QED) is 0.508. The van der Waals surface area contributed by atoms with Gasteiger partial charge in [-0.3, -0.25) is 14.2 Å². The van der Waals surface area contributed by atoms with Crippen molar-refractivity contribution in [2.24, 2.45) is 0 Å². The van der Waals surface area contributed by atoms with Gasteiger partial charge in [0.1, 0.15) is 10.7 Å². The number of nitrogens with zero attached hydrogens (tertiary/aromatic N) is 3. The Morgan fingerprint density at radius 1 is 1.14 bits per heavy atom. The first-order valence-electron chi connectivity index (χ1n) is 11.2. The van der Waals surface area contributed by atoms with Gasteiger partial charge in [0.2, 0.25) is 0 Å². The number of thiazole rings is 1. The second-order valence-electron chi connectivity index (χ2n) is 8.17. The fraction of sp³-hybridized carbons (Fsp3) is 0.269. The van der Waals surface area contributed by atoms with Crippen molar-refractivity contribution in [3.63, 3.8) is 0 Å². The van der Waals surface area contributed by atoms with Crippen LogP contribution in [0.5, 0.6) is 11.5 Å². The van der Waals surface area contributed by atoms with E-state index < -0.39 is 18.1 Å². The first kappa shape index (κ1) is 25.1. The SMILES string of the molecule is COc1cc(/C=c2/s/c(=C(\C#N)C(=O)N3CCCC3)n(-c3ccc(C)cc3)c2=O)ccc1OC(F)F. The molecule has 1 aromatic heterocycles. The third-order valence-corrected chi connectivity index (χ3v) is 6.84. The molecule has 186 valence electrons. The molecule has 0 aliphatic carbocycles. The molecule has 1 saturated heterocycles. The number of halogens is 2. The molecule has 2 heterocycles. The summed E-state index contributed by atoms with van der Waals surface area (Å²) in [6.45, 7) is 0.0356. The zero-order valence-corrected chi connectivity index (χ0v) is 20.5. The van der Waals surface area contributed by atoms with Crippen LogP contribution in [0.4, 0.5) is 8.78 Å². The Bertz CT molecular complexity index is 1500. The summed E-state index contributed by atoms with van der Waals surface area (Å²) in [4.78, 5) is 28.3. The standard InChI is InChI=1S/C26H23F2N3O4S/c1-16-5-8-18(9-6-16)31-24(33)22(14-17-7-10-20(35-26(27)28)21(13-17)34-2)36-25(31)19(15-29)23(32)30-11-3-4-12-30/h5-10,13-14,26H,3-4,11-12H2,1-2H3/b22-14+,25-19+. The number of nitriles is 1. The van der Waals surface area contributed by atoms with Crippen molar-refractivity contribution in [3.05, 3.63) is 73.1 Å². The Balaban J connectivity index is 1.94. The number of alkyl halides is 2. The second kappa shape index (κ2) is 10.7. The maximum absolute atomic E-state index is 13.6. The van der Waals surface area contributed by atoms with Gasteiger partial charge in [-0.25, -0.2) is 0 Å². The fourth-order valence-electron chi connectivity index (χ4n) is 3.96. The van der Waals surface area contributed by atoms with Gasteiger partial charge < -0.3 is 14.4 Å². The van der Waals surface area contributed by atoms with E-state index >= 15 is 0 Å². The van der Waals surface area contributed by atoms with Crippen LogP contribution in [0.1, 0.15) is 24.0 Å². The van der Waals surface area contributed by atoms with Gasteiger partial charge in [-0.15, -0.1) is 11.3 Å². The van der Waals surface area contributed by atoms with Crippen LogP contribution in [0.15, 0.2) is 47.3 Å². The Hall–Kier alpha value is -3.97. The van der Waals surface area contributed by atoms with Crippen molar-refractivity contribution in [2.45, 2.75) is 26.4 Å². The summed E-state index contributed by atoms with van der Waals surface area (Å²) in [6.07, 6.45) is 3.29. The van der Waals surface area contributed by atoms with Crippen molar-refractivity contribution in [3.8, 4) is 23.3 Å².